The lowest BCUT2D eigenvalue weighted by molar-refractivity contribution is 0.849. The van der Waals surface area contributed by atoms with Gasteiger partial charge in [0.25, 0.3) is 0 Å². The van der Waals surface area contributed by atoms with Crippen LogP contribution in [0.1, 0.15) is 5.69 Å². The molecule has 0 unspecified atom stereocenters. The van der Waals surface area contributed by atoms with Gasteiger partial charge < -0.3 is 5.84 Å². The summed E-state index contributed by atoms with van der Waals surface area (Å²) in [4.78, 5) is 4.66. The number of hydrogen-bond acceptors (Lipinski definition) is 7. The van der Waals surface area contributed by atoms with Gasteiger partial charge in [0.1, 0.15) is 5.01 Å². The van der Waals surface area contributed by atoms with E-state index in [4.69, 9.17) is 17.4 Å². The molecule has 0 saturated carbocycles. The van der Waals surface area contributed by atoms with Crippen molar-refractivity contribution >= 4 is 46.0 Å². The van der Waals surface area contributed by atoms with E-state index in [-0.39, 0.29) is 0 Å². The molecule has 0 atom stereocenters. The van der Waals surface area contributed by atoms with Gasteiger partial charge in [0, 0.05) is 32.7 Å². The fourth-order valence-electron chi connectivity index (χ4n) is 2.23. The van der Waals surface area contributed by atoms with Gasteiger partial charge in [-0.05, 0) is 23.6 Å². The summed E-state index contributed by atoms with van der Waals surface area (Å²) in [6.45, 7) is 0. The zero-order valence-corrected chi connectivity index (χ0v) is 16.0. The number of nitrogen functional groups attached to an aromatic ring is 1. The van der Waals surface area contributed by atoms with Crippen LogP contribution in [-0.2, 0) is 5.75 Å². The first-order chi connectivity index (χ1) is 12.2. The lowest BCUT2D eigenvalue weighted by atomic mass is 10.2. The highest BCUT2D eigenvalue weighted by Crippen LogP contribution is 2.29. The molecule has 9 heteroatoms. The summed E-state index contributed by atoms with van der Waals surface area (Å²) < 4.78 is 1.49. The fourth-order valence-corrected chi connectivity index (χ4v) is 4.81. The molecule has 0 spiro atoms. The molecule has 3 aromatic heterocycles. The number of hydrogen-bond donors (Lipinski definition) is 1. The number of nitrogens with two attached hydrogens (primary N) is 1. The summed E-state index contributed by atoms with van der Waals surface area (Å²) in [5, 5.41) is 16.9. The summed E-state index contributed by atoms with van der Waals surface area (Å²) in [6.07, 6.45) is 0. The molecule has 2 N–H and O–H groups in total. The molecule has 0 aliphatic rings. The van der Waals surface area contributed by atoms with Crippen molar-refractivity contribution in [1.82, 2.24) is 19.9 Å². The van der Waals surface area contributed by atoms with Crippen molar-refractivity contribution < 1.29 is 0 Å². The highest BCUT2D eigenvalue weighted by molar-refractivity contribution is 7.98. The Kier molecular flexibility index (Phi) is 4.76. The Hall–Kier alpha value is -1.87. The summed E-state index contributed by atoms with van der Waals surface area (Å²) in [5.41, 5.74) is 3.00. The Balaban J connectivity index is 1.49. The second-order valence-electron chi connectivity index (χ2n) is 5.13. The molecule has 4 rings (SSSR count). The predicted molar refractivity (Wildman–Crippen MR) is 106 cm³/mol. The van der Waals surface area contributed by atoms with Crippen molar-refractivity contribution in [3.8, 4) is 22.0 Å². The summed E-state index contributed by atoms with van der Waals surface area (Å²) in [5.74, 6) is 7.41. The minimum Gasteiger partial charge on any atom is -0.335 e. The molecule has 25 heavy (non-hydrogen) atoms. The van der Waals surface area contributed by atoms with E-state index in [1.54, 1.807) is 22.7 Å². The summed E-state index contributed by atoms with van der Waals surface area (Å²) in [6, 6.07) is 9.47. The second-order valence-corrected chi connectivity index (χ2v) is 8.15. The van der Waals surface area contributed by atoms with Gasteiger partial charge in [-0.3, -0.25) is 0 Å². The van der Waals surface area contributed by atoms with E-state index < -0.39 is 0 Å². The van der Waals surface area contributed by atoms with Crippen LogP contribution >= 0.6 is 46.0 Å². The van der Waals surface area contributed by atoms with Crippen molar-refractivity contribution in [3.05, 3.63) is 57.2 Å². The van der Waals surface area contributed by atoms with Gasteiger partial charge >= 0.3 is 0 Å². The van der Waals surface area contributed by atoms with Gasteiger partial charge in [-0.25, -0.2) is 9.66 Å². The maximum atomic E-state index is 6.14. The van der Waals surface area contributed by atoms with Gasteiger partial charge in [0.15, 0.2) is 5.82 Å². The van der Waals surface area contributed by atoms with Gasteiger partial charge in [0.2, 0.25) is 5.16 Å². The molecule has 0 fully saturated rings. The lowest BCUT2D eigenvalue weighted by Gasteiger charge is -2.03. The highest BCUT2D eigenvalue weighted by Gasteiger charge is 2.13. The second kappa shape index (κ2) is 7.17. The van der Waals surface area contributed by atoms with Crippen molar-refractivity contribution in [3.63, 3.8) is 0 Å². The van der Waals surface area contributed by atoms with Crippen LogP contribution in [0, 0.1) is 0 Å². The largest absolute Gasteiger partial charge is 0.335 e. The number of thiazole rings is 1. The molecular formula is C16H12ClN5S3. The molecule has 0 aliphatic carbocycles. The highest BCUT2D eigenvalue weighted by atomic mass is 35.5. The van der Waals surface area contributed by atoms with Crippen LogP contribution in [0.3, 0.4) is 0 Å². The molecule has 0 amide bonds. The summed E-state index contributed by atoms with van der Waals surface area (Å²) >= 11 is 10.9. The predicted octanol–water partition coefficient (Wildman–Crippen LogP) is 4.79. The van der Waals surface area contributed by atoms with E-state index >= 15 is 0 Å². The molecule has 0 bridgehead atoms. The molecule has 1 aromatic carbocycles. The molecule has 0 radical (unpaired) electrons. The van der Waals surface area contributed by atoms with E-state index in [9.17, 15) is 0 Å². The van der Waals surface area contributed by atoms with Gasteiger partial charge in [-0.2, -0.15) is 11.3 Å². The number of halogens is 1. The van der Waals surface area contributed by atoms with E-state index in [1.165, 1.54) is 16.4 Å². The molecule has 0 aliphatic heterocycles. The smallest absolute Gasteiger partial charge is 0.210 e. The van der Waals surface area contributed by atoms with Crippen molar-refractivity contribution in [2.45, 2.75) is 10.9 Å². The third-order valence-electron chi connectivity index (χ3n) is 3.42. The van der Waals surface area contributed by atoms with E-state index in [0.29, 0.717) is 21.8 Å². The van der Waals surface area contributed by atoms with Crippen molar-refractivity contribution in [2.75, 3.05) is 5.84 Å². The first-order valence-electron chi connectivity index (χ1n) is 7.27. The van der Waals surface area contributed by atoms with Crippen LogP contribution in [-0.4, -0.2) is 19.9 Å². The average Bonchev–Trinajstić information content (AvgIpc) is 3.34. The first-order valence-corrected chi connectivity index (χ1v) is 10.5. The number of benzene rings is 1. The Morgan fingerprint density at radius 1 is 1.16 bits per heavy atom. The van der Waals surface area contributed by atoms with Crippen LogP contribution in [0.2, 0.25) is 5.02 Å². The minimum atomic E-state index is 0.585. The summed E-state index contributed by atoms with van der Waals surface area (Å²) in [7, 11) is 0. The van der Waals surface area contributed by atoms with Gasteiger partial charge in [-0.15, -0.1) is 21.5 Å². The topological polar surface area (TPSA) is 69.6 Å². The SMILES string of the molecule is Nn1c(SCc2csc(-c3ccsc3)n2)nnc1-c1cccc(Cl)c1. The van der Waals surface area contributed by atoms with E-state index in [2.05, 4.69) is 37.4 Å². The molecule has 126 valence electrons. The number of thioether (sulfide) groups is 1. The molecular weight excluding hydrogens is 394 g/mol. The molecule has 0 saturated heterocycles. The molecule has 4 aromatic rings. The van der Waals surface area contributed by atoms with Crippen LogP contribution in [0.4, 0.5) is 0 Å². The number of nitrogens with zero attached hydrogens (tertiary/aromatic N) is 4. The average molecular weight is 406 g/mol. The Morgan fingerprint density at radius 3 is 2.88 bits per heavy atom. The quantitative estimate of drug-likeness (QED) is 0.382. The number of aromatic nitrogens is 4. The van der Waals surface area contributed by atoms with E-state index in [1.807, 2.05) is 24.3 Å². The van der Waals surface area contributed by atoms with Crippen LogP contribution in [0.5, 0.6) is 0 Å². The van der Waals surface area contributed by atoms with Crippen molar-refractivity contribution in [2.24, 2.45) is 0 Å². The first kappa shape index (κ1) is 16.6. The van der Waals surface area contributed by atoms with Crippen molar-refractivity contribution in [1.29, 1.82) is 0 Å². The third-order valence-corrected chi connectivity index (χ3v) is 6.25. The van der Waals surface area contributed by atoms with Crippen LogP contribution < -0.4 is 5.84 Å². The normalized spacial score (nSPS) is 11.1. The number of rotatable bonds is 5. The Morgan fingerprint density at radius 2 is 2.08 bits per heavy atom. The maximum Gasteiger partial charge on any atom is 0.210 e. The van der Waals surface area contributed by atoms with Crippen LogP contribution in [0.25, 0.3) is 22.0 Å². The standard InChI is InChI=1S/C16H12ClN5S3/c17-12-3-1-2-10(6-12)14-20-21-16(22(14)18)25-9-13-8-24-15(19-13)11-4-5-23-7-11/h1-8H,9,18H2. The maximum absolute atomic E-state index is 6.14. The lowest BCUT2D eigenvalue weighted by Crippen LogP contribution is -2.11. The zero-order valence-electron chi connectivity index (χ0n) is 12.8. The fraction of sp³-hybridized carbons (Fsp3) is 0.0625. The van der Waals surface area contributed by atoms with E-state index in [0.717, 1.165) is 21.8 Å². The number of thiophene rings is 1. The Labute approximate surface area is 161 Å². The zero-order chi connectivity index (χ0) is 17.2. The molecule has 3 heterocycles. The molecule has 5 nitrogen and oxygen atoms in total. The van der Waals surface area contributed by atoms with Crippen LogP contribution in [0.15, 0.2) is 51.6 Å². The van der Waals surface area contributed by atoms with Gasteiger partial charge in [-0.1, -0.05) is 35.5 Å². The Bertz CT molecular complexity index is 993. The third kappa shape index (κ3) is 3.57. The van der Waals surface area contributed by atoms with Gasteiger partial charge in [0.05, 0.1) is 5.69 Å². The monoisotopic (exact) mass is 405 g/mol. The minimum absolute atomic E-state index is 0.585.